The van der Waals surface area contributed by atoms with Gasteiger partial charge in [-0.3, -0.25) is 4.79 Å². The Bertz CT molecular complexity index is 224. The first-order valence-corrected chi connectivity index (χ1v) is 5.21. The third-order valence-electron chi connectivity index (χ3n) is 3.87. The predicted octanol–water partition coefficient (Wildman–Crippen LogP) is 1.88. The van der Waals surface area contributed by atoms with Crippen molar-refractivity contribution in [3.8, 4) is 0 Å². The molecular formula is C11H18O2. The summed E-state index contributed by atoms with van der Waals surface area (Å²) in [5.41, 5.74) is 0. The zero-order valence-corrected chi connectivity index (χ0v) is 8.62. The molecule has 0 aliphatic heterocycles. The van der Waals surface area contributed by atoms with Crippen molar-refractivity contribution in [2.75, 3.05) is 7.11 Å². The van der Waals surface area contributed by atoms with Crippen LogP contribution in [0.1, 0.15) is 26.7 Å². The van der Waals surface area contributed by atoms with Crippen molar-refractivity contribution in [3.05, 3.63) is 0 Å². The maximum absolute atomic E-state index is 11.7. The van der Waals surface area contributed by atoms with Gasteiger partial charge in [0.25, 0.3) is 0 Å². The van der Waals surface area contributed by atoms with Gasteiger partial charge in [0.1, 0.15) is 5.78 Å². The Kier molecular flexibility index (Phi) is 2.18. The Balaban J connectivity index is 2.17. The highest BCUT2D eigenvalue weighted by Gasteiger charge is 2.50. The molecule has 2 saturated carbocycles. The Hall–Kier alpha value is -0.370. The largest absolute Gasteiger partial charge is 0.381 e. The van der Waals surface area contributed by atoms with Gasteiger partial charge in [-0.2, -0.15) is 0 Å². The maximum atomic E-state index is 11.7. The number of carbonyl (C=O) groups is 1. The minimum Gasteiger partial charge on any atom is -0.381 e. The monoisotopic (exact) mass is 182 g/mol. The molecule has 0 aromatic heterocycles. The molecule has 5 atom stereocenters. The van der Waals surface area contributed by atoms with Crippen molar-refractivity contribution in [2.45, 2.75) is 32.8 Å². The lowest BCUT2D eigenvalue weighted by molar-refractivity contribution is -0.123. The zero-order valence-electron chi connectivity index (χ0n) is 8.62. The van der Waals surface area contributed by atoms with E-state index in [1.54, 1.807) is 7.11 Å². The summed E-state index contributed by atoms with van der Waals surface area (Å²) in [4.78, 5) is 11.7. The van der Waals surface area contributed by atoms with Crippen molar-refractivity contribution in [2.24, 2.45) is 23.7 Å². The van der Waals surface area contributed by atoms with Crippen LogP contribution in [0.15, 0.2) is 0 Å². The van der Waals surface area contributed by atoms with Crippen LogP contribution in [-0.4, -0.2) is 19.0 Å². The molecule has 2 rings (SSSR count). The normalized spacial score (nSPS) is 49.8. The highest BCUT2D eigenvalue weighted by molar-refractivity contribution is 5.86. The first-order chi connectivity index (χ1) is 6.15. The van der Waals surface area contributed by atoms with Crippen LogP contribution in [0.3, 0.4) is 0 Å². The minimum atomic E-state index is 0.278. The lowest BCUT2D eigenvalue weighted by Crippen LogP contribution is -2.22. The minimum absolute atomic E-state index is 0.278. The molecule has 0 spiro atoms. The summed E-state index contributed by atoms with van der Waals surface area (Å²) in [6, 6.07) is 0. The van der Waals surface area contributed by atoms with E-state index in [9.17, 15) is 4.79 Å². The fourth-order valence-corrected chi connectivity index (χ4v) is 3.28. The summed E-state index contributed by atoms with van der Waals surface area (Å²) in [5.74, 6) is 2.16. The molecule has 0 aromatic rings. The van der Waals surface area contributed by atoms with E-state index in [1.165, 1.54) is 0 Å². The zero-order chi connectivity index (χ0) is 9.59. The quantitative estimate of drug-likeness (QED) is 0.619. The van der Waals surface area contributed by atoms with Crippen LogP contribution in [0.5, 0.6) is 0 Å². The molecule has 5 unspecified atom stereocenters. The third-order valence-corrected chi connectivity index (χ3v) is 3.87. The van der Waals surface area contributed by atoms with E-state index in [0.29, 0.717) is 29.6 Å². The Morgan fingerprint density at radius 2 is 2.00 bits per heavy atom. The summed E-state index contributed by atoms with van der Waals surface area (Å²) in [5, 5.41) is 0. The molecule has 0 amide bonds. The van der Waals surface area contributed by atoms with Crippen LogP contribution in [0.25, 0.3) is 0 Å². The SMILES string of the molecule is COC1C(C)CC2C(=O)C(C)CC21. The Morgan fingerprint density at radius 1 is 1.31 bits per heavy atom. The lowest BCUT2D eigenvalue weighted by Gasteiger charge is -2.19. The van der Waals surface area contributed by atoms with Crippen molar-refractivity contribution < 1.29 is 9.53 Å². The maximum Gasteiger partial charge on any atom is 0.139 e. The molecule has 13 heavy (non-hydrogen) atoms. The van der Waals surface area contributed by atoms with Crippen LogP contribution < -0.4 is 0 Å². The molecule has 2 fully saturated rings. The van der Waals surface area contributed by atoms with E-state index in [0.717, 1.165) is 12.8 Å². The van der Waals surface area contributed by atoms with Crippen LogP contribution in [0, 0.1) is 23.7 Å². The molecule has 0 N–H and O–H groups in total. The van der Waals surface area contributed by atoms with Crippen molar-refractivity contribution >= 4 is 5.78 Å². The third kappa shape index (κ3) is 1.23. The summed E-state index contributed by atoms with van der Waals surface area (Å²) in [6.07, 6.45) is 2.43. The van der Waals surface area contributed by atoms with Crippen molar-refractivity contribution in [1.29, 1.82) is 0 Å². The van der Waals surface area contributed by atoms with Gasteiger partial charge in [0, 0.05) is 18.9 Å². The van der Waals surface area contributed by atoms with E-state index >= 15 is 0 Å². The van der Waals surface area contributed by atoms with E-state index in [4.69, 9.17) is 4.74 Å². The number of Topliss-reactive ketones (excluding diaryl/α,β-unsaturated/α-hetero) is 1. The van der Waals surface area contributed by atoms with Crippen LogP contribution in [0.2, 0.25) is 0 Å². The molecule has 0 heterocycles. The summed E-state index contributed by atoms with van der Waals surface area (Å²) >= 11 is 0. The average Bonchev–Trinajstić information content (AvgIpc) is 2.52. The number of hydrogen-bond donors (Lipinski definition) is 0. The molecule has 0 bridgehead atoms. The van der Waals surface area contributed by atoms with E-state index < -0.39 is 0 Å². The van der Waals surface area contributed by atoms with Gasteiger partial charge >= 0.3 is 0 Å². The molecular weight excluding hydrogens is 164 g/mol. The van der Waals surface area contributed by atoms with Gasteiger partial charge in [-0.05, 0) is 24.7 Å². The smallest absolute Gasteiger partial charge is 0.139 e. The molecule has 0 radical (unpaired) electrons. The van der Waals surface area contributed by atoms with Gasteiger partial charge < -0.3 is 4.74 Å². The lowest BCUT2D eigenvalue weighted by atomic mass is 9.97. The molecule has 74 valence electrons. The molecule has 0 saturated heterocycles. The van der Waals surface area contributed by atoms with Crippen LogP contribution in [-0.2, 0) is 9.53 Å². The second-order valence-corrected chi connectivity index (χ2v) is 4.72. The Labute approximate surface area is 79.7 Å². The number of methoxy groups -OCH3 is 1. The van der Waals surface area contributed by atoms with Gasteiger partial charge in [0.05, 0.1) is 6.10 Å². The van der Waals surface area contributed by atoms with Crippen LogP contribution in [0.4, 0.5) is 0 Å². The first-order valence-electron chi connectivity index (χ1n) is 5.21. The second-order valence-electron chi connectivity index (χ2n) is 4.72. The van der Waals surface area contributed by atoms with Crippen molar-refractivity contribution in [3.63, 3.8) is 0 Å². The van der Waals surface area contributed by atoms with E-state index in [1.807, 2.05) is 0 Å². The fourth-order valence-electron chi connectivity index (χ4n) is 3.28. The number of carbonyl (C=O) groups excluding carboxylic acids is 1. The summed E-state index contributed by atoms with van der Waals surface area (Å²) < 4.78 is 5.48. The topological polar surface area (TPSA) is 26.3 Å². The number of rotatable bonds is 1. The molecule has 2 heteroatoms. The van der Waals surface area contributed by atoms with E-state index in [2.05, 4.69) is 13.8 Å². The standard InChI is InChI=1S/C11H18O2/c1-6-4-9-8(10(6)12)5-7(2)11(9)13-3/h6-9,11H,4-5H2,1-3H3. The van der Waals surface area contributed by atoms with Crippen molar-refractivity contribution in [1.82, 2.24) is 0 Å². The van der Waals surface area contributed by atoms with Crippen LogP contribution >= 0.6 is 0 Å². The van der Waals surface area contributed by atoms with Gasteiger partial charge in [0.2, 0.25) is 0 Å². The predicted molar refractivity (Wildman–Crippen MR) is 50.3 cm³/mol. The molecule has 0 aromatic carbocycles. The van der Waals surface area contributed by atoms with Gasteiger partial charge in [-0.25, -0.2) is 0 Å². The van der Waals surface area contributed by atoms with Gasteiger partial charge in [-0.1, -0.05) is 13.8 Å². The average molecular weight is 182 g/mol. The first kappa shape index (κ1) is 9.20. The number of ether oxygens (including phenoxy) is 1. The second kappa shape index (κ2) is 3.09. The highest BCUT2D eigenvalue weighted by atomic mass is 16.5. The molecule has 2 aliphatic rings. The Morgan fingerprint density at radius 3 is 2.62 bits per heavy atom. The van der Waals surface area contributed by atoms with Gasteiger partial charge in [0.15, 0.2) is 0 Å². The molecule has 2 aliphatic carbocycles. The number of fused-ring (bicyclic) bond motifs is 1. The number of ketones is 1. The summed E-state index contributed by atoms with van der Waals surface area (Å²) in [6.45, 7) is 4.25. The number of hydrogen-bond acceptors (Lipinski definition) is 2. The molecule has 2 nitrogen and oxygen atoms in total. The summed E-state index contributed by atoms with van der Waals surface area (Å²) in [7, 11) is 1.77. The van der Waals surface area contributed by atoms with E-state index in [-0.39, 0.29) is 5.92 Å². The highest BCUT2D eigenvalue weighted by Crippen LogP contribution is 2.48. The fraction of sp³-hybridized carbons (Fsp3) is 0.909. The van der Waals surface area contributed by atoms with Gasteiger partial charge in [-0.15, -0.1) is 0 Å².